The van der Waals surface area contributed by atoms with Crippen LogP contribution in [-0.2, 0) is 25.6 Å². The standard InChI is InChI=1S/C15H14BrNO5S2/c1-23(19,20)10-11-4-2-5-12(8-11)15(18)17-24(21,22)14-7-3-6-13(16)9-14/h2-9H,10H2,1H3,(H,17,18). The van der Waals surface area contributed by atoms with Crippen LogP contribution in [-0.4, -0.2) is 29.0 Å². The van der Waals surface area contributed by atoms with Gasteiger partial charge in [0.15, 0.2) is 9.84 Å². The second kappa shape index (κ2) is 7.04. The van der Waals surface area contributed by atoms with E-state index >= 15 is 0 Å². The first-order valence-electron chi connectivity index (χ1n) is 6.66. The number of sulfonamides is 1. The molecule has 0 aliphatic heterocycles. The SMILES string of the molecule is CS(=O)(=O)Cc1cccc(C(=O)NS(=O)(=O)c2cccc(Br)c2)c1. The minimum atomic E-state index is -4.03. The summed E-state index contributed by atoms with van der Waals surface area (Å²) in [6, 6.07) is 11.8. The lowest BCUT2D eigenvalue weighted by Gasteiger charge is -2.08. The van der Waals surface area contributed by atoms with Crippen LogP contribution in [0.1, 0.15) is 15.9 Å². The summed E-state index contributed by atoms with van der Waals surface area (Å²) in [6.45, 7) is 0. The van der Waals surface area contributed by atoms with E-state index in [1.54, 1.807) is 12.1 Å². The van der Waals surface area contributed by atoms with Gasteiger partial charge in [0.25, 0.3) is 15.9 Å². The molecule has 0 aliphatic carbocycles. The molecule has 0 aliphatic rings. The molecule has 128 valence electrons. The first-order valence-corrected chi connectivity index (χ1v) is 11.0. The largest absolute Gasteiger partial charge is 0.268 e. The summed E-state index contributed by atoms with van der Waals surface area (Å²) in [6.07, 6.45) is 1.08. The maximum atomic E-state index is 12.2. The van der Waals surface area contributed by atoms with Crippen LogP contribution in [0.4, 0.5) is 0 Å². The highest BCUT2D eigenvalue weighted by Gasteiger charge is 2.19. The van der Waals surface area contributed by atoms with Gasteiger partial charge < -0.3 is 0 Å². The maximum absolute atomic E-state index is 12.2. The molecule has 0 saturated carbocycles. The normalized spacial score (nSPS) is 11.9. The highest BCUT2D eigenvalue weighted by Crippen LogP contribution is 2.16. The van der Waals surface area contributed by atoms with Gasteiger partial charge in [-0.1, -0.05) is 34.1 Å². The summed E-state index contributed by atoms with van der Waals surface area (Å²) in [5.41, 5.74) is 0.472. The zero-order chi connectivity index (χ0) is 18.0. The lowest BCUT2D eigenvalue weighted by atomic mass is 10.1. The smallest absolute Gasteiger partial charge is 0.265 e. The van der Waals surface area contributed by atoms with Crippen LogP contribution in [0.5, 0.6) is 0 Å². The number of hydrogen-bond acceptors (Lipinski definition) is 5. The number of sulfone groups is 1. The lowest BCUT2D eigenvalue weighted by molar-refractivity contribution is 0.0981. The van der Waals surface area contributed by atoms with Gasteiger partial charge in [-0.15, -0.1) is 0 Å². The molecular formula is C15H14BrNO5S2. The Bertz CT molecular complexity index is 984. The van der Waals surface area contributed by atoms with E-state index in [1.165, 1.54) is 36.4 Å². The molecule has 0 radical (unpaired) electrons. The van der Waals surface area contributed by atoms with Crippen molar-refractivity contribution in [2.24, 2.45) is 0 Å². The average molecular weight is 432 g/mol. The van der Waals surface area contributed by atoms with Crippen molar-refractivity contribution in [2.75, 3.05) is 6.26 Å². The number of hydrogen-bond donors (Lipinski definition) is 1. The van der Waals surface area contributed by atoms with Gasteiger partial charge in [0, 0.05) is 16.3 Å². The number of amides is 1. The molecule has 1 N–H and O–H groups in total. The fraction of sp³-hybridized carbons (Fsp3) is 0.133. The molecule has 24 heavy (non-hydrogen) atoms. The minimum absolute atomic E-state index is 0.0579. The van der Waals surface area contributed by atoms with Crippen molar-refractivity contribution in [3.05, 3.63) is 64.1 Å². The van der Waals surface area contributed by atoms with Crippen molar-refractivity contribution < 1.29 is 21.6 Å². The Kier molecular flexibility index (Phi) is 5.46. The summed E-state index contributed by atoms with van der Waals surface area (Å²) >= 11 is 3.17. The van der Waals surface area contributed by atoms with Gasteiger partial charge in [0.05, 0.1) is 10.6 Å². The number of benzene rings is 2. The van der Waals surface area contributed by atoms with Gasteiger partial charge in [-0.25, -0.2) is 21.6 Å². The quantitative estimate of drug-likeness (QED) is 0.781. The van der Waals surface area contributed by atoms with Crippen molar-refractivity contribution in [2.45, 2.75) is 10.6 Å². The maximum Gasteiger partial charge on any atom is 0.265 e. The van der Waals surface area contributed by atoms with Crippen LogP contribution < -0.4 is 4.72 Å². The highest BCUT2D eigenvalue weighted by molar-refractivity contribution is 9.10. The second-order valence-electron chi connectivity index (χ2n) is 5.16. The Balaban J connectivity index is 2.25. The molecule has 6 nitrogen and oxygen atoms in total. The average Bonchev–Trinajstić information content (AvgIpc) is 2.45. The third-order valence-corrected chi connectivity index (χ3v) is 5.63. The van der Waals surface area contributed by atoms with E-state index < -0.39 is 25.8 Å². The molecular weight excluding hydrogens is 418 g/mol. The predicted octanol–water partition coefficient (Wildman–Crippen LogP) is 2.11. The van der Waals surface area contributed by atoms with E-state index in [-0.39, 0.29) is 16.2 Å². The molecule has 0 heterocycles. The molecule has 0 atom stereocenters. The highest BCUT2D eigenvalue weighted by atomic mass is 79.9. The van der Waals surface area contributed by atoms with Crippen LogP contribution in [0.3, 0.4) is 0 Å². The van der Waals surface area contributed by atoms with Crippen LogP contribution in [0.15, 0.2) is 57.9 Å². The predicted molar refractivity (Wildman–Crippen MR) is 93.8 cm³/mol. The van der Waals surface area contributed by atoms with E-state index in [0.717, 1.165) is 6.26 Å². The van der Waals surface area contributed by atoms with E-state index in [1.807, 2.05) is 4.72 Å². The molecule has 2 aromatic carbocycles. The van der Waals surface area contributed by atoms with Gasteiger partial charge in [-0.3, -0.25) is 4.79 Å². The Hall–Kier alpha value is -1.71. The van der Waals surface area contributed by atoms with E-state index in [4.69, 9.17) is 0 Å². The van der Waals surface area contributed by atoms with Gasteiger partial charge in [0.2, 0.25) is 0 Å². The van der Waals surface area contributed by atoms with Crippen molar-refractivity contribution in [3.63, 3.8) is 0 Å². The fourth-order valence-electron chi connectivity index (χ4n) is 1.98. The molecule has 0 unspecified atom stereocenters. The number of carbonyl (C=O) groups excluding carboxylic acids is 1. The molecule has 0 spiro atoms. The van der Waals surface area contributed by atoms with Crippen LogP contribution >= 0.6 is 15.9 Å². The van der Waals surface area contributed by atoms with Crippen molar-refractivity contribution in [3.8, 4) is 0 Å². The van der Waals surface area contributed by atoms with Crippen LogP contribution in [0.25, 0.3) is 0 Å². The lowest BCUT2D eigenvalue weighted by Crippen LogP contribution is -2.30. The summed E-state index contributed by atoms with van der Waals surface area (Å²) in [7, 11) is -7.28. The van der Waals surface area contributed by atoms with Crippen LogP contribution in [0, 0.1) is 0 Å². The monoisotopic (exact) mass is 431 g/mol. The molecule has 0 aromatic heterocycles. The Morgan fingerprint density at radius 1 is 1.04 bits per heavy atom. The zero-order valence-electron chi connectivity index (χ0n) is 12.6. The summed E-state index contributed by atoms with van der Waals surface area (Å²) in [5.74, 6) is -1.06. The van der Waals surface area contributed by atoms with Gasteiger partial charge in [0.1, 0.15) is 0 Å². The first-order chi connectivity index (χ1) is 11.1. The summed E-state index contributed by atoms with van der Waals surface area (Å²) < 4.78 is 49.7. The Morgan fingerprint density at radius 2 is 1.71 bits per heavy atom. The molecule has 2 aromatic rings. The number of nitrogens with one attached hydrogen (secondary N) is 1. The second-order valence-corrected chi connectivity index (χ2v) is 9.90. The van der Waals surface area contributed by atoms with Gasteiger partial charge in [-0.2, -0.15) is 0 Å². The van der Waals surface area contributed by atoms with E-state index in [9.17, 15) is 21.6 Å². The zero-order valence-corrected chi connectivity index (χ0v) is 15.8. The molecule has 0 saturated heterocycles. The molecule has 0 fully saturated rings. The third-order valence-electron chi connectivity index (χ3n) is 2.95. The summed E-state index contributed by atoms with van der Waals surface area (Å²) in [5, 5.41) is 0. The number of halogens is 1. The van der Waals surface area contributed by atoms with Crippen molar-refractivity contribution >= 4 is 41.7 Å². The molecule has 2 rings (SSSR count). The third kappa shape index (κ3) is 5.15. The molecule has 1 amide bonds. The number of rotatable bonds is 5. The Labute approximate surface area is 149 Å². The number of carbonyl (C=O) groups is 1. The van der Waals surface area contributed by atoms with Gasteiger partial charge in [-0.05, 0) is 35.9 Å². The van der Waals surface area contributed by atoms with Crippen LogP contribution in [0.2, 0.25) is 0 Å². The van der Waals surface area contributed by atoms with Crippen molar-refractivity contribution in [1.82, 2.24) is 4.72 Å². The fourth-order valence-corrected chi connectivity index (χ4v) is 4.33. The topological polar surface area (TPSA) is 97.4 Å². The molecule has 0 bridgehead atoms. The summed E-state index contributed by atoms with van der Waals surface area (Å²) in [4.78, 5) is 12.1. The van der Waals surface area contributed by atoms with E-state index in [2.05, 4.69) is 15.9 Å². The Morgan fingerprint density at radius 3 is 2.33 bits per heavy atom. The van der Waals surface area contributed by atoms with Crippen molar-refractivity contribution in [1.29, 1.82) is 0 Å². The van der Waals surface area contributed by atoms with Gasteiger partial charge >= 0.3 is 0 Å². The minimum Gasteiger partial charge on any atom is -0.268 e. The molecule has 9 heteroatoms. The first kappa shape index (κ1) is 18.6. The van der Waals surface area contributed by atoms with E-state index in [0.29, 0.717) is 10.0 Å².